The van der Waals surface area contributed by atoms with Crippen molar-refractivity contribution < 1.29 is 9.53 Å². The molecule has 80 valence electrons. The predicted molar refractivity (Wildman–Crippen MR) is 52.0 cm³/mol. The summed E-state index contributed by atoms with van der Waals surface area (Å²) in [4.78, 5) is 11.4. The third-order valence-corrected chi connectivity index (χ3v) is 2.66. The van der Waals surface area contributed by atoms with Gasteiger partial charge in [0.2, 0.25) is 5.91 Å². The van der Waals surface area contributed by atoms with Crippen molar-refractivity contribution in [3.05, 3.63) is 0 Å². The Balaban J connectivity index is 1.62. The van der Waals surface area contributed by atoms with Gasteiger partial charge in [-0.1, -0.05) is 0 Å². The maximum absolute atomic E-state index is 11.4. The topological polar surface area (TPSA) is 62.4 Å². The molecule has 0 aromatic rings. The van der Waals surface area contributed by atoms with Crippen molar-refractivity contribution >= 4 is 5.91 Å². The number of rotatable bonds is 3. The first-order chi connectivity index (χ1) is 6.86. The fourth-order valence-corrected chi connectivity index (χ4v) is 1.58. The molecule has 1 atom stereocenters. The van der Waals surface area contributed by atoms with Crippen LogP contribution in [0.1, 0.15) is 0 Å². The molecule has 1 unspecified atom stereocenters. The summed E-state index contributed by atoms with van der Waals surface area (Å²) >= 11 is 0. The summed E-state index contributed by atoms with van der Waals surface area (Å²) in [5.74, 6) is 0.324. The van der Waals surface area contributed by atoms with E-state index in [0.29, 0.717) is 6.54 Å². The molecule has 0 bridgehead atoms. The molecule has 0 saturated carbocycles. The van der Waals surface area contributed by atoms with Crippen molar-refractivity contribution in [2.75, 3.05) is 39.3 Å². The number of carbonyl (C=O) groups is 1. The molecule has 2 aliphatic heterocycles. The fraction of sp³-hybridized carbons (Fsp3) is 0.889. The highest BCUT2D eigenvalue weighted by Gasteiger charge is 2.25. The predicted octanol–water partition coefficient (Wildman–Crippen LogP) is -1.69. The van der Waals surface area contributed by atoms with Crippen LogP contribution in [0, 0.1) is 5.92 Å². The minimum absolute atomic E-state index is 0.140. The van der Waals surface area contributed by atoms with Crippen molar-refractivity contribution in [3.63, 3.8) is 0 Å². The highest BCUT2D eigenvalue weighted by molar-refractivity contribution is 5.80. The largest absolute Gasteiger partial charge is 0.374 e. The van der Waals surface area contributed by atoms with E-state index in [0.717, 1.165) is 32.8 Å². The van der Waals surface area contributed by atoms with E-state index < -0.39 is 0 Å². The molecular weight excluding hydrogens is 182 g/mol. The van der Waals surface area contributed by atoms with Crippen molar-refractivity contribution in [2.45, 2.75) is 6.10 Å². The van der Waals surface area contributed by atoms with Crippen LogP contribution in [0.3, 0.4) is 0 Å². The van der Waals surface area contributed by atoms with Gasteiger partial charge in [-0.2, -0.15) is 0 Å². The summed E-state index contributed by atoms with van der Waals surface area (Å²) in [6.45, 7) is 4.75. The van der Waals surface area contributed by atoms with Crippen LogP contribution in [0.4, 0.5) is 0 Å². The SMILES string of the molecule is O=C(NCC1CNCCO1)C1CNC1. The van der Waals surface area contributed by atoms with Gasteiger partial charge >= 0.3 is 0 Å². The van der Waals surface area contributed by atoms with Crippen LogP contribution < -0.4 is 16.0 Å². The zero-order valence-electron chi connectivity index (χ0n) is 8.21. The number of carbonyl (C=O) groups excluding carboxylic acids is 1. The molecule has 0 aromatic heterocycles. The molecule has 5 nitrogen and oxygen atoms in total. The molecule has 2 fully saturated rings. The zero-order valence-corrected chi connectivity index (χ0v) is 8.21. The highest BCUT2D eigenvalue weighted by atomic mass is 16.5. The van der Waals surface area contributed by atoms with Crippen LogP contribution in [0.5, 0.6) is 0 Å². The van der Waals surface area contributed by atoms with Crippen molar-refractivity contribution in [3.8, 4) is 0 Å². The minimum Gasteiger partial charge on any atom is -0.374 e. The van der Waals surface area contributed by atoms with Gasteiger partial charge in [0.05, 0.1) is 18.6 Å². The number of nitrogens with one attached hydrogen (secondary N) is 3. The second kappa shape index (κ2) is 4.72. The Kier molecular flexibility index (Phi) is 3.34. The van der Waals surface area contributed by atoms with Crippen LogP contribution in [0.25, 0.3) is 0 Å². The monoisotopic (exact) mass is 199 g/mol. The van der Waals surface area contributed by atoms with E-state index in [2.05, 4.69) is 16.0 Å². The highest BCUT2D eigenvalue weighted by Crippen LogP contribution is 2.02. The lowest BCUT2D eigenvalue weighted by molar-refractivity contribution is -0.127. The van der Waals surface area contributed by atoms with Crippen LogP contribution in [0.15, 0.2) is 0 Å². The Morgan fingerprint density at radius 3 is 2.79 bits per heavy atom. The number of hydrogen-bond acceptors (Lipinski definition) is 4. The van der Waals surface area contributed by atoms with Gasteiger partial charge in [-0.25, -0.2) is 0 Å². The first-order valence-electron chi connectivity index (χ1n) is 5.17. The second-order valence-electron chi connectivity index (χ2n) is 3.80. The Bertz CT molecular complexity index is 200. The molecule has 1 amide bonds. The van der Waals surface area contributed by atoms with E-state index in [1.165, 1.54) is 0 Å². The lowest BCUT2D eigenvalue weighted by atomic mass is 10.0. The number of hydrogen-bond donors (Lipinski definition) is 3. The van der Waals surface area contributed by atoms with Gasteiger partial charge in [0.1, 0.15) is 0 Å². The molecule has 2 saturated heterocycles. The molecule has 14 heavy (non-hydrogen) atoms. The van der Waals surface area contributed by atoms with Gasteiger partial charge < -0.3 is 20.7 Å². The Morgan fingerprint density at radius 2 is 2.21 bits per heavy atom. The van der Waals surface area contributed by atoms with Crippen LogP contribution in [-0.2, 0) is 9.53 Å². The van der Waals surface area contributed by atoms with E-state index >= 15 is 0 Å². The number of amides is 1. The number of morpholine rings is 1. The smallest absolute Gasteiger partial charge is 0.225 e. The number of ether oxygens (including phenoxy) is 1. The Labute approximate surface area is 83.6 Å². The van der Waals surface area contributed by atoms with E-state index in [1.807, 2.05) is 0 Å². The van der Waals surface area contributed by atoms with Crippen LogP contribution in [-0.4, -0.2) is 51.3 Å². The van der Waals surface area contributed by atoms with Gasteiger partial charge in [-0.15, -0.1) is 0 Å². The average Bonchev–Trinajstić information content (AvgIpc) is 2.14. The molecule has 2 rings (SSSR count). The van der Waals surface area contributed by atoms with Gasteiger partial charge in [0, 0.05) is 32.7 Å². The van der Waals surface area contributed by atoms with Crippen LogP contribution in [0.2, 0.25) is 0 Å². The summed E-state index contributed by atoms with van der Waals surface area (Å²) in [6, 6.07) is 0. The minimum atomic E-state index is 0.140. The van der Waals surface area contributed by atoms with Crippen molar-refractivity contribution in [1.82, 2.24) is 16.0 Å². The summed E-state index contributed by atoms with van der Waals surface area (Å²) in [5, 5.41) is 9.21. The first kappa shape index (κ1) is 9.89. The molecule has 3 N–H and O–H groups in total. The normalized spacial score (nSPS) is 28.1. The lowest BCUT2D eigenvalue weighted by Crippen LogP contribution is -2.53. The van der Waals surface area contributed by atoms with Gasteiger partial charge in [-0.05, 0) is 0 Å². The second-order valence-corrected chi connectivity index (χ2v) is 3.80. The van der Waals surface area contributed by atoms with E-state index in [9.17, 15) is 4.79 Å². The Morgan fingerprint density at radius 1 is 1.36 bits per heavy atom. The summed E-state index contributed by atoms with van der Waals surface area (Å²) in [7, 11) is 0. The summed E-state index contributed by atoms with van der Waals surface area (Å²) in [5.41, 5.74) is 0. The van der Waals surface area contributed by atoms with Crippen LogP contribution >= 0.6 is 0 Å². The molecule has 2 aliphatic rings. The molecule has 0 aromatic carbocycles. The quantitative estimate of drug-likeness (QED) is 0.507. The third-order valence-electron chi connectivity index (χ3n) is 2.66. The molecule has 5 heteroatoms. The third kappa shape index (κ3) is 2.43. The van der Waals surface area contributed by atoms with E-state index in [4.69, 9.17) is 4.74 Å². The summed E-state index contributed by atoms with van der Waals surface area (Å²) < 4.78 is 5.47. The summed E-state index contributed by atoms with van der Waals surface area (Å²) in [6.07, 6.45) is 0.140. The Hall–Kier alpha value is -0.650. The van der Waals surface area contributed by atoms with Gasteiger partial charge in [0.15, 0.2) is 0 Å². The molecule has 0 spiro atoms. The van der Waals surface area contributed by atoms with E-state index in [-0.39, 0.29) is 17.9 Å². The molecule has 2 heterocycles. The molecule has 0 radical (unpaired) electrons. The molecule has 0 aliphatic carbocycles. The molecular formula is C9H17N3O2. The zero-order chi connectivity index (χ0) is 9.80. The van der Waals surface area contributed by atoms with Crippen molar-refractivity contribution in [1.29, 1.82) is 0 Å². The maximum atomic E-state index is 11.4. The maximum Gasteiger partial charge on any atom is 0.225 e. The standard InChI is InChI=1S/C9H17N3O2/c13-9(7-3-11-4-7)12-6-8-5-10-1-2-14-8/h7-8,10-11H,1-6H2,(H,12,13). The van der Waals surface area contributed by atoms with Gasteiger partial charge in [0.25, 0.3) is 0 Å². The van der Waals surface area contributed by atoms with Crippen molar-refractivity contribution in [2.24, 2.45) is 5.92 Å². The fourth-order valence-electron chi connectivity index (χ4n) is 1.58. The average molecular weight is 199 g/mol. The lowest BCUT2D eigenvalue weighted by Gasteiger charge is -2.28. The van der Waals surface area contributed by atoms with E-state index in [1.54, 1.807) is 0 Å². The first-order valence-corrected chi connectivity index (χ1v) is 5.17. The van der Waals surface area contributed by atoms with Gasteiger partial charge in [-0.3, -0.25) is 4.79 Å².